The highest BCUT2D eigenvalue weighted by molar-refractivity contribution is 7.98. The zero-order valence-corrected chi connectivity index (χ0v) is 19.5. The van der Waals surface area contributed by atoms with Crippen molar-refractivity contribution in [3.63, 3.8) is 0 Å². The van der Waals surface area contributed by atoms with E-state index in [1.165, 1.54) is 11.3 Å². The fourth-order valence-corrected chi connectivity index (χ4v) is 5.07. The third kappa shape index (κ3) is 4.16. The molecule has 0 saturated carbocycles. The van der Waals surface area contributed by atoms with Crippen molar-refractivity contribution in [1.82, 2.24) is 4.57 Å². The second-order valence-corrected chi connectivity index (χ2v) is 9.06. The van der Waals surface area contributed by atoms with Crippen molar-refractivity contribution in [2.75, 3.05) is 12.9 Å². The van der Waals surface area contributed by atoms with E-state index < -0.39 is 12.0 Å². The summed E-state index contributed by atoms with van der Waals surface area (Å²) in [4.78, 5) is 32.6. The molecule has 3 aromatic rings. The molecule has 1 atom stereocenters. The number of carbonyl (C=O) groups excluding carboxylic acids is 1. The SMILES string of the molecule is CCOC(=O)C1=C(C)N=c2s/c(=C\c3ccc(O)cc3)c(=O)n2C1c1ccc(SC)cc1. The van der Waals surface area contributed by atoms with E-state index in [-0.39, 0.29) is 17.9 Å². The molecule has 1 aliphatic rings. The first-order chi connectivity index (χ1) is 15.4. The first kappa shape index (κ1) is 22.1. The van der Waals surface area contributed by atoms with Gasteiger partial charge in [0.2, 0.25) is 0 Å². The lowest BCUT2D eigenvalue weighted by atomic mass is 9.96. The molecule has 164 valence electrons. The van der Waals surface area contributed by atoms with Crippen LogP contribution in [-0.2, 0) is 9.53 Å². The maximum atomic E-state index is 13.5. The zero-order valence-electron chi connectivity index (χ0n) is 17.9. The summed E-state index contributed by atoms with van der Waals surface area (Å²) in [5.41, 5.74) is 2.29. The molecule has 2 aromatic carbocycles. The number of ether oxygens (including phenoxy) is 1. The number of phenols is 1. The summed E-state index contributed by atoms with van der Waals surface area (Å²) in [6.07, 6.45) is 3.76. The van der Waals surface area contributed by atoms with Gasteiger partial charge in [0, 0.05) is 4.90 Å². The molecule has 4 rings (SSSR count). The molecule has 8 heteroatoms. The third-order valence-electron chi connectivity index (χ3n) is 5.14. The standard InChI is InChI=1S/C24H22N2O4S2/c1-4-30-23(29)20-14(2)25-24-26(21(20)16-7-11-18(31-3)12-8-16)22(28)19(32-24)13-15-5-9-17(27)10-6-15/h5-13,21,27H,4H2,1-3H3/b19-13-. The van der Waals surface area contributed by atoms with Crippen LogP contribution in [0.2, 0.25) is 0 Å². The number of fused-ring (bicyclic) bond motifs is 1. The normalized spacial score (nSPS) is 16.0. The molecule has 0 aliphatic carbocycles. The van der Waals surface area contributed by atoms with Gasteiger partial charge >= 0.3 is 5.97 Å². The Labute approximate surface area is 193 Å². The predicted octanol–water partition coefficient (Wildman–Crippen LogP) is 3.23. The van der Waals surface area contributed by atoms with Gasteiger partial charge in [-0.1, -0.05) is 35.6 Å². The molecule has 0 saturated heterocycles. The molecule has 1 unspecified atom stereocenters. The number of nitrogens with zero attached hydrogens (tertiary/aromatic N) is 2. The fraction of sp³-hybridized carbons (Fsp3) is 0.208. The van der Waals surface area contributed by atoms with Crippen LogP contribution < -0.4 is 14.9 Å². The summed E-state index contributed by atoms with van der Waals surface area (Å²) >= 11 is 2.90. The van der Waals surface area contributed by atoms with Gasteiger partial charge in [0.05, 0.1) is 28.5 Å². The smallest absolute Gasteiger partial charge is 0.338 e. The number of hydrogen-bond donors (Lipinski definition) is 1. The Bertz CT molecular complexity index is 1370. The minimum atomic E-state index is -0.622. The number of allylic oxidation sites excluding steroid dienone is 1. The maximum Gasteiger partial charge on any atom is 0.338 e. The van der Waals surface area contributed by atoms with E-state index in [1.54, 1.807) is 60.5 Å². The quantitative estimate of drug-likeness (QED) is 0.461. The van der Waals surface area contributed by atoms with Crippen LogP contribution in [0.1, 0.15) is 31.0 Å². The molecule has 1 N–H and O–H groups in total. The molecule has 1 aromatic heterocycles. The average molecular weight is 467 g/mol. The highest BCUT2D eigenvalue weighted by Crippen LogP contribution is 2.31. The van der Waals surface area contributed by atoms with Crippen LogP contribution in [0, 0.1) is 0 Å². The van der Waals surface area contributed by atoms with E-state index in [1.807, 2.05) is 30.5 Å². The van der Waals surface area contributed by atoms with Gasteiger partial charge in [-0.15, -0.1) is 11.8 Å². The lowest BCUT2D eigenvalue weighted by Gasteiger charge is -2.24. The van der Waals surface area contributed by atoms with Crippen LogP contribution in [0.4, 0.5) is 0 Å². The van der Waals surface area contributed by atoms with Crippen molar-refractivity contribution >= 4 is 35.1 Å². The van der Waals surface area contributed by atoms with Gasteiger partial charge < -0.3 is 9.84 Å². The number of rotatable bonds is 5. The molecule has 0 radical (unpaired) electrons. The zero-order chi connectivity index (χ0) is 22.8. The molecule has 0 fully saturated rings. The summed E-state index contributed by atoms with van der Waals surface area (Å²) in [5, 5.41) is 9.52. The number of phenolic OH excluding ortho intramolecular Hbond substituents is 1. The largest absolute Gasteiger partial charge is 0.508 e. The summed E-state index contributed by atoms with van der Waals surface area (Å²) in [7, 11) is 0. The number of aromatic hydroxyl groups is 1. The highest BCUT2D eigenvalue weighted by Gasteiger charge is 2.33. The Morgan fingerprint density at radius 3 is 2.53 bits per heavy atom. The Morgan fingerprint density at radius 2 is 1.91 bits per heavy atom. The van der Waals surface area contributed by atoms with Crippen molar-refractivity contribution in [1.29, 1.82) is 0 Å². The van der Waals surface area contributed by atoms with Crippen molar-refractivity contribution < 1.29 is 14.6 Å². The number of hydrogen-bond acceptors (Lipinski definition) is 7. The van der Waals surface area contributed by atoms with Crippen LogP contribution >= 0.6 is 23.1 Å². The molecule has 0 spiro atoms. The summed E-state index contributed by atoms with van der Waals surface area (Å²) in [6, 6.07) is 13.8. The minimum absolute atomic E-state index is 0.159. The molecular formula is C24H22N2O4S2. The Hall–Kier alpha value is -3.10. The van der Waals surface area contributed by atoms with Gasteiger partial charge in [-0.05, 0) is 61.6 Å². The number of aromatic nitrogens is 1. The van der Waals surface area contributed by atoms with E-state index in [0.29, 0.717) is 20.6 Å². The Morgan fingerprint density at radius 1 is 1.22 bits per heavy atom. The van der Waals surface area contributed by atoms with Crippen molar-refractivity contribution in [3.8, 4) is 5.75 Å². The number of benzene rings is 2. The second-order valence-electron chi connectivity index (χ2n) is 7.17. The Kier molecular flexibility index (Phi) is 6.34. The van der Waals surface area contributed by atoms with Gasteiger partial charge in [-0.3, -0.25) is 9.36 Å². The van der Waals surface area contributed by atoms with Crippen molar-refractivity contribution in [3.05, 3.63) is 90.6 Å². The van der Waals surface area contributed by atoms with Crippen LogP contribution in [0.3, 0.4) is 0 Å². The van der Waals surface area contributed by atoms with Gasteiger partial charge in [0.1, 0.15) is 5.75 Å². The van der Waals surface area contributed by atoms with E-state index in [9.17, 15) is 14.7 Å². The fourth-order valence-electron chi connectivity index (χ4n) is 3.62. The van der Waals surface area contributed by atoms with Crippen molar-refractivity contribution in [2.24, 2.45) is 4.99 Å². The Balaban J connectivity index is 1.93. The molecule has 0 bridgehead atoms. The van der Waals surface area contributed by atoms with E-state index in [4.69, 9.17) is 4.74 Å². The summed E-state index contributed by atoms with van der Waals surface area (Å²) < 4.78 is 7.38. The molecule has 1 aliphatic heterocycles. The lowest BCUT2D eigenvalue weighted by molar-refractivity contribution is -0.139. The second kappa shape index (κ2) is 9.18. The number of carbonyl (C=O) groups is 1. The van der Waals surface area contributed by atoms with Crippen LogP contribution in [0.15, 0.2) is 74.5 Å². The molecular weight excluding hydrogens is 444 g/mol. The van der Waals surface area contributed by atoms with Gasteiger partial charge in [-0.2, -0.15) is 0 Å². The summed E-state index contributed by atoms with van der Waals surface area (Å²) in [6.45, 7) is 3.76. The van der Waals surface area contributed by atoms with E-state index >= 15 is 0 Å². The number of thioether (sulfide) groups is 1. The number of esters is 1. The molecule has 32 heavy (non-hydrogen) atoms. The van der Waals surface area contributed by atoms with Crippen LogP contribution in [0.5, 0.6) is 5.75 Å². The monoisotopic (exact) mass is 466 g/mol. The predicted molar refractivity (Wildman–Crippen MR) is 127 cm³/mol. The molecule has 6 nitrogen and oxygen atoms in total. The molecule has 0 amide bonds. The van der Waals surface area contributed by atoms with Crippen LogP contribution in [0.25, 0.3) is 6.08 Å². The number of thiazole rings is 1. The van der Waals surface area contributed by atoms with Gasteiger partial charge in [0.25, 0.3) is 5.56 Å². The first-order valence-electron chi connectivity index (χ1n) is 10.1. The van der Waals surface area contributed by atoms with Crippen molar-refractivity contribution in [2.45, 2.75) is 24.8 Å². The van der Waals surface area contributed by atoms with Gasteiger partial charge in [-0.25, -0.2) is 9.79 Å². The molecule has 2 heterocycles. The third-order valence-corrected chi connectivity index (χ3v) is 6.87. The van der Waals surface area contributed by atoms with E-state index in [2.05, 4.69) is 4.99 Å². The highest BCUT2D eigenvalue weighted by atomic mass is 32.2. The van der Waals surface area contributed by atoms with Crippen LogP contribution in [-0.4, -0.2) is 28.5 Å². The lowest BCUT2D eigenvalue weighted by Crippen LogP contribution is -2.39. The first-order valence-corrected chi connectivity index (χ1v) is 12.1. The maximum absolute atomic E-state index is 13.5. The minimum Gasteiger partial charge on any atom is -0.508 e. The summed E-state index contributed by atoms with van der Waals surface area (Å²) in [5.74, 6) is -0.312. The topological polar surface area (TPSA) is 80.9 Å². The van der Waals surface area contributed by atoms with Gasteiger partial charge in [0.15, 0.2) is 4.80 Å². The average Bonchev–Trinajstić information content (AvgIpc) is 3.09. The van der Waals surface area contributed by atoms with E-state index in [0.717, 1.165) is 16.0 Å².